The number of carbonyl (C=O) groups is 1. The van der Waals surface area contributed by atoms with Crippen molar-refractivity contribution in [2.24, 2.45) is 0 Å². The van der Waals surface area contributed by atoms with E-state index in [1.54, 1.807) is 19.2 Å². The first-order valence-electron chi connectivity index (χ1n) is 5.36. The van der Waals surface area contributed by atoms with E-state index in [0.717, 1.165) is 10.9 Å². The maximum absolute atomic E-state index is 11.9. The molecule has 0 spiro atoms. The first-order chi connectivity index (χ1) is 8.08. The van der Waals surface area contributed by atoms with Gasteiger partial charge in [0.1, 0.15) is 5.75 Å². The molecule has 4 nitrogen and oxygen atoms in total. The van der Waals surface area contributed by atoms with Crippen molar-refractivity contribution in [1.29, 1.82) is 0 Å². The van der Waals surface area contributed by atoms with Crippen LogP contribution in [0.1, 0.15) is 23.7 Å². The summed E-state index contributed by atoms with van der Waals surface area (Å²) in [6.07, 6.45) is 0.775. The van der Waals surface area contributed by atoms with E-state index < -0.39 is 0 Å². The van der Waals surface area contributed by atoms with Gasteiger partial charge in [0.25, 0.3) is 5.91 Å². The number of benzene rings is 1. The molecular weight excluding hydrogens is 286 g/mol. The monoisotopic (exact) mass is 301 g/mol. The maximum atomic E-state index is 11.9. The summed E-state index contributed by atoms with van der Waals surface area (Å²) < 4.78 is 5.73. The summed E-state index contributed by atoms with van der Waals surface area (Å²) in [5.74, 6) is -0.331. The van der Waals surface area contributed by atoms with Crippen molar-refractivity contribution in [3.05, 3.63) is 28.2 Å². The summed E-state index contributed by atoms with van der Waals surface area (Å²) in [4.78, 5) is 11.9. The Morgan fingerprint density at radius 3 is 2.82 bits per heavy atom. The summed E-state index contributed by atoms with van der Waals surface area (Å²) in [7, 11) is 1.59. The van der Waals surface area contributed by atoms with E-state index in [1.165, 1.54) is 6.07 Å². The van der Waals surface area contributed by atoms with Gasteiger partial charge in [-0.25, -0.2) is 0 Å². The molecule has 1 rings (SSSR count). The molecule has 0 heterocycles. The largest absolute Gasteiger partial charge is 0.507 e. The molecule has 94 valence electrons. The van der Waals surface area contributed by atoms with Crippen LogP contribution in [0.5, 0.6) is 5.75 Å². The number of methoxy groups -OCH3 is 1. The fourth-order valence-corrected chi connectivity index (χ4v) is 1.77. The van der Waals surface area contributed by atoms with Crippen LogP contribution in [-0.4, -0.2) is 30.8 Å². The predicted octanol–water partition coefficient (Wildman–Crippen LogP) is 2.31. The molecule has 0 aliphatic carbocycles. The molecule has 0 aliphatic heterocycles. The molecule has 0 fully saturated rings. The molecule has 5 heteroatoms. The molecular formula is C12H16BrNO3. The van der Waals surface area contributed by atoms with E-state index in [0.29, 0.717) is 6.61 Å². The highest BCUT2D eigenvalue weighted by molar-refractivity contribution is 9.10. The number of hydrogen-bond acceptors (Lipinski definition) is 3. The second-order valence-corrected chi connectivity index (χ2v) is 4.61. The lowest BCUT2D eigenvalue weighted by molar-refractivity contribution is 0.0892. The highest BCUT2D eigenvalue weighted by atomic mass is 79.9. The zero-order valence-electron chi connectivity index (χ0n) is 9.87. The highest BCUT2D eigenvalue weighted by Gasteiger charge is 2.15. The van der Waals surface area contributed by atoms with Crippen LogP contribution in [-0.2, 0) is 4.74 Å². The summed E-state index contributed by atoms with van der Waals surface area (Å²) in [5.41, 5.74) is 0.266. The SMILES string of the molecule is CCC(COC)NC(=O)c1ccc(Br)cc1O. The normalized spacial score (nSPS) is 12.2. The van der Waals surface area contributed by atoms with E-state index >= 15 is 0 Å². The van der Waals surface area contributed by atoms with Crippen molar-refractivity contribution in [2.75, 3.05) is 13.7 Å². The highest BCUT2D eigenvalue weighted by Crippen LogP contribution is 2.22. The van der Waals surface area contributed by atoms with E-state index in [-0.39, 0.29) is 23.3 Å². The zero-order valence-corrected chi connectivity index (χ0v) is 11.5. The molecule has 1 aromatic rings. The predicted molar refractivity (Wildman–Crippen MR) is 69.2 cm³/mol. The van der Waals surface area contributed by atoms with Gasteiger partial charge in [-0.05, 0) is 24.6 Å². The second kappa shape index (κ2) is 6.61. The lowest BCUT2D eigenvalue weighted by Crippen LogP contribution is -2.37. The van der Waals surface area contributed by atoms with Crippen molar-refractivity contribution in [2.45, 2.75) is 19.4 Å². The van der Waals surface area contributed by atoms with Crippen LogP contribution in [0.3, 0.4) is 0 Å². The third-order valence-corrected chi connectivity index (χ3v) is 2.89. The lowest BCUT2D eigenvalue weighted by Gasteiger charge is -2.16. The van der Waals surface area contributed by atoms with Gasteiger partial charge in [0, 0.05) is 11.6 Å². The molecule has 0 saturated heterocycles. The van der Waals surface area contributed by atoms with Crippen LogP contribution >= 0.6 is 15.9 Å². The molecule has 0 radical (unpaired) electrons. The Bertz CT molecular complexity index is 395. The smallest absolute Gasteiger partial charge is 0.255 e. The van der Waals surface area contributed by atoms with Gasteiger partial charge >= 0.3 is 0 Å². The fraction of sp³-hybridized carbons (Fsp3) is 0.417. The third-order valence-electron chi connectivity index (χ3n) is 2.40. The first kappa shape index (κ1) is 14.0. The number of halogens is 1. The molecule has 0 saturated carbocycles. The van der Waals surface area contributed by atoms with Crippen LogP contribution < -0.4 is 5.32 Å². The van der Waals surface area contributed by atoms with Gasteiger partial charge in [-0.15, -0.1) is 0 Å². The molecule has 1 atom stereocenters. The van der Waals surface area contributed by atoms with Gasteiger partial charge < -0.3 is 15.2 Å². The average Bonchev–Trinajstić information content (AvgIpc) is 2.28. The Hall–Kier alpha value is -1.07. The van der Waals surface area contributed by atoms with Gasteiger partial charge in [-0.3, -0.25) is 4.79 Å². The van der Waals surface area contributed by atoms with Crippen LogP contribution in [0.25, 0.3) is 0 Å². The van der Waals surface area contributed by atoms with E-state index in [1.807, 2.05) is 6.92 Å². The van der Waals surface area contributed by atoms with Crippen LogP contribution in [0.2, 0.25) is 0 Å². The summed E-state index contributed by atoms with van der Waals surface area (Å²) >= 11 is 3.22. The Balaban J connectivity index is 2.75. The number of amides is 1. The summed E-state index contributed by atoms with van der Waals surface area (Å²) in [6.45, 7) is 2.42. The minimum absolute atomic E-state index is 0.0378. The third kappa shape index (κ3) is 4.02. The van der Waals surface area contributed by atoms with E-state index in [2.05, 4.69) is 21.2 Å². The summed E-state index contributed by atoms with van der Waals surface area (Å²) in [5, 5.41) is 12.5. The van der Waals surface area contributed by atoms with Crippen LogP contribution in [0.4, 0.5) is 0 Å². The van der Waals surface area contributed by atoms with E-state index in [4.69, 9.17) is 4.74 Å². The average molecular weight is 302 g/mol. The molecule has 17 heavy (non-hydrogen) atoms. The van der Waals surface area contributed by atoms with Crippen molar-refractivity contribution >= 4 is 21.8 Å². The summed E-state index contributed by atoms with van der Waals surface area (Å²) in [6, 6.07) is 4.74. The number of rotatable bonds is 5. The Kier molecular flexibility index (Phi) is 5.44. The number of hydrogen-bond donors (Lipinski definition) is 2. The molecule has 0 aliphatic rings. The Morgan fingerprint density at radius 2 is 2.29 bits per heavy atom. The molecule has 0 bridgehead atoms. The Labute approximate surface area is 109 Å². The minimum atomic E-state index is -0.293. The van der Waals surface area contributed by atoms with E-state index in [9.17, 15) is 9.90 Å². The van der Waals surface area contributed by atoms with Gasteiger partial charge in [0.15, 0.2) is 0 Å². The quantitative estimate of drug-likeness (QED) is 0.877. The van der Waals surface area contributed by atoms with Crippen LogP contribution in [0.15, 0.2) is 22.7 Å². The topological polar surface area (TPSA) is 58.6 Å². The van der Waals surface area contributed by atoms with Gasteiger partial charge in [0.05, 0.1) is 18.2 Å². The van der Waals surface area contributed by atoms with Crippen molar-refractivity contribution < 1.29 is 14.6 Å². The fourth-order valence-electron chi connectivity index (χ4n) is 1.42. The minimum Gasteiger partial charge on any atom is -0.507 e. The molecule has 1 aromatic carbocycles. The van der Waals surface area contributed by atoms with Crippen molar-refractivity contribution in [1.82, 2.24) is 5.32 Å². The number of nitrogens with one attached hydrogen (secondary N) is 1. The molecule has 1 amide bonds. The number of ether oxygens (including phenoxy) is 1. The number of phenols is 1. The van der Waals surface area contributed by atoms with Crippen LogP contribution in [0, 0.1) is 0 Å². The maximum Gasteiger partial charge on any atom is 0.255 e. The van der Waals surface area contributed by atoms with Gasteiger partial charge in [-0.2, -0.15) is 0 Å². The van der Waals surface area contributed by atoms with Gasteiger partial charge in [0.2, 0.25) is 0 Å². The first-order valence-corrected chi connectivity index (χ1v) is 6.16. The number of carbonyl (C=O) groups excluding carboxylic acids is 1. The molecule has 2 N–H and O–H groups in total. The van der Waals surface area contributed by atoms with Crippen molar-refractivity contribution in [3.63, 3.8) is 0 Å². The van der Waals surface area contributed by atoms with Gasteiger partial charge in [-0.1, -0.05) is 22.9 Å². The number of aromatic hydroxyl groups is 1. The molecule has 1 unspecified atom stereocenters. The zero-order chi connectivity index (χ0) is 12.8. The second-order valence-electron chi connectivity index (χ2n) is 3.70. The molecule has 0 aromatic heterocycles. The standard InChI is InChI=1S/C12H16BrNO3/c1-3-9(7-17-2)14-12(16)10-5-4-8(13)6-11(10)15/h4-6,9,15H,3,7H2,1-2H3,(H,14,16). The number of phenolic OH excluding ortho intramolecular Hbond substituents is 1. The lowest BCUT2D eigenvalue weighted by atomic mass is 10.1. The Morgan fingerprint density at radius 1 is 1.59 bits per heavy atom. The van der Waals surface area contributed by atoms with Crippen molar-refractivity contribution in [3.8, 4) is 5.75 Å².